The van der Waals surface area contributed by atoms with Gasteiger partial charge in [-0.25, -0.2) is 0 Å². The number of ketones is 1. The minimum Gasteiger partial charge on any atom is -0.504 e. The third kappa shape index (κ3) is 1.96. The van der Waals surface area contributed by atoms with Gasteiger partial charge in [-0.1, -0.05) is 26.3 Å². The van der Waals surface area contributed by atoms with Gasteiger partial charge in [-0.3, -0.25) is 4.79 Å². The Bertz CT molecular complexity index is 655. The number of aliphatic hydroxyl groups is 2. The first-order chi connectivity index (χ1) is 10.8. The van der Waals surface area contributed by atoms with Crippen LogP contribution in [-0.2, 0) is 16.6 Å². The van der Waals surface area contributed by atoms with Crippen LogP contribution in [0.1, 0.15) is 50.7 Å². The van der Waals surface area contributed by atoms with Crippen molar-refractivity contribution in [3.63, 3.8) is 0 Å². The lowest BCUT2D eigenvalue weighted by Crippen LogP contribution is -2.68. The summed E-state index contributed by atoms with van der Waals surface area (Å²) in [6, 6.07) is 3.18. The molecule has 0 aliphatic heterocycles. The van der Waals surface area contributed by atoms with Crippen molar-refractivity contribution in [3.8, 4) is 11.5 Å². The third-order valence-corrected chi connectivity index (χ3v) is 5.87. The number of fused-ring (bicyclic) bond motifs is 3. The van der Waals surface area contributed by atoms with E-state index in [1.54, 1.807) is 6.07 Å². The van der Waals surface area contributed by atoms with Crippen LogP contribution in [-0.4, -0.2) is 37.9 Å². The zero-order chi connectivity index (χ0) is 17.0. The van der Waals surface area contributed by atoms with Crippen LogP contribution in [0.3, 0.4) is 0 Å². The number of aliphatic hydroxyl groups excluding tert-OH is 1. The monoisotopic (exact) mass is 320 g/mol. The maximum Gasteiger partial charge on any atom is 0.161 e. The minimum atomic E-state index is -1.49. The van der Waals surface area contributed by atoms with Crippen molar-refractivity contribution in [2.75, 3.05) is 0 Å². The van der Waals surface area contributed by atoms with E-state index < -0.39 is 17.1 Å². The smallest absolute Gasteiger partial charge is 0.161 e. The van der Waals surface area contributed by atoms with Crippen LogP contribution >= 0.6 is 0 Å². The van der Waals surface area contributed by atoms with Gasteiger partial charge < -0.3 is 20.4 Å². The van der Waals surface area contributed by atoms with E-state index in [1.165, 1.54) is 6.07 Å². The number of hydrogen-bond acceptors (Lipinski definition) is 5. The van der Waals surface area contributed by atoms with Crippen molar-refractivity contribution >= 4 is 5.78 Å². The van der Waals surface area contributed by atoms with Gasteiger partial charge in [0.25, 0.3) is 0 Å². The predicted octanol–water partition coefficient (Wildman–Crippen LogP) is 1.78. The van der Waals surface area contributed by atoms with Crippen molar-refractivity contribution in [2.45, 2.75) is 63.1 Å². The summed E-state index contributed by atoms with van der Waals surface area (Å²) in [5, 5.41) is 42.5. The second-order valence-corrected chi connectivity index (χ2v) is 7.17. The Morgan fingerprint density at radius 1 is 1.26 bits per heavy atom. The molecule has 1 aromatic carbocycles. The molecule has 1 aromatic rings. The summed E-state index contributed by atoms with van der Waals surface area (Å²) in [4.78, 5) is 12.2. The fraction of sp³-hybridized carbons (Fsp3) is 0.611. The van der Waals surface area contributed by atoms with E-state index in [9.17, 15) is 25.2 Å². The lowest BCUT2D eigenvalue weighted by Gasteiger charge is -2.58. The van der Waals surface area contributed by atoms with Crippen LogP contribution < -0.4 is 0 Å². The van der Waals surface area contributed by atoms with Gasteiger partial charge >= 0.3 is 0 Å². The molecule has 4 atom stereocenters. The summed E-state index contributed by atoms with van der Waals surface area (Å²) < 4.78 is 0. The molecule has 0 spiro atoms. The van der Waals surface area contributed by atoms with Gasteiger partial charge in [-0.2, -0.15) is 0 Å². The van der Waals surface area contributed by atoms with E-state index >= 15 is 0 Å². The Kier molecular flexibility index (Phi) is 3.69. The topological polar surface area (TPSA) is 98.0 Å². The predicted molar refractivity (Wildman–Crippen MR) is 84.4 cm³/mol. The fourth-order valence-electron chi connectivity index (χ4n) is 4.98. The molecule has 2 aliphatic rings. The Labute approximate surface area is 135 Å². The molecular formula is C18H24O5. The van der Waals surface area contributed by atoms with Crippen molar-refractivity contribution in [2.24, 2.45) is 5.92 Å². The molecule has 1 fully saturated rings. The molecule has 0 heterocycles. The molecule has 0 radical (unpaired) electrons. The molecule has 5 heteroatoms. The van der Waals surface area contributed by atoms with Crippen LogP contribution in [0.5, 0.6) is 11.5 Å². The molecule has 1 saturated carbocycles. The Balaban J connectivity index is 2.35. The number of Topliss-reactive ketones (excluding diaryl/α,β-unsaturated/α-hetero) is 1. The van der Waals surface area contributed by atoms with Crippen LogP contribution in [0.4, 0.5) is 0 Å². The first-order valence-electron chi connectivity index (χ1n) is 8.24. The van der Waals surface area contributed by atoms with Crippen molar-refractivity contribution < 1.29 is 25.2 Å². The van der Waals surface area contributed by atoms with E-state index in [0.717, 1.165) is 5.56 Å². The van der Waals surface area contributed by atoms with Gasteiger partial charge in [-0.15, -0.1) is 0 Å². The van der Waals surface area contributed by atoms with Gasteiger partial charge in [0.2, 0.25) is 0 Å². The molecule has 126 valence electrons. The summed E-state index contributed by atoms with van der Waals surface area (Å²) in [6.07, 6.45) is 0.463. The molecule has 4 N–H and O–H groups in total. The molecule has 4 unspecified atom stereocenters. The Morgan fingerprint density at radius 3 is 2.61 bits per heavy atom. The highest BCUT2D eigenvalue weighted by molar-refractivity contribution is 5.83. The summed E-state index contributed by atoms with van der Waals surface area (Å²) in [5.74, 6) is -0.918. The zero-order valence-electron chi connectivity index (χ0n) is 13.5. The van der Waals surface area contributed by atoms with Gasteiger partial charge in [0.15, 0.2) is 11.5 Å². The maximum atomic E-state index is 12.2. The number of phenols is 2. The molecule has 5 nitrogen and oxygen atoms in total. The van der Waals surface area contributed by atoms with Crippen LogP contribution in [0.2, 0.25) is 0 Å². The second-order valence-electron chi connectivity index (χ2n) is 7.17. The number of benzene rings is 1. The lowest BCUT2D eigenvalue weighted by molar-refractivity contribution is -0.191. The van der Waals surface area contributed by atoms with Gasteiger partial charge in [-0.05, 0) is 30.4 Å². The van der Waals surface area contributed by atoms with Gasteiger partial charge in [0.05, 0.1) is 6.10 Å². The molecule has 0 saturated heterocycles. The highest BCUT2D eigenvalue weighted by atomic mass is 16.3. The normalized spacial score (nSPS) is 36.4. The Morgan fingerprint density at radius 2 is 1.96 bits per heavy atom. The lowest BCUT2D eigenvalue weighted by atomic mass is 9.48. The first kappa shape index (κ1) is 16.3. The molecule has 3 rings (SSSR count). The number of rotatable bonds is 2. The molecule has 0 aromatic heterocycles. The summed E-state index contributed by atoms with van der Waals surface area (Å²) in [5.41, 5.74) is -1.29. The van der Waals surface area contributed by atoms with Crippen LogP contribution in [0.15, 0.2) is 12.1 Å². The summed E-state index contributed by atoms with van der Waals surface area (Å²) in [7, 11) is 0. The summed E-state index contributed by atoms with van der Waals surface area (Å²) in [6.45, 7) is 3.82. The maximum absolute atomic E-state index is 12.2. The number of carbonyl (C=O) groups is 1. The second kappa shape index (κ2) is 5.21. The molecular weight excluding hydrogens is 296 g/mol. The molecule has 23 heavy (non-hydrogen) atoms. The highest BCUT2D eigenvalue weighted by Crippen LogP contribution is 2.59. The van der Waals surface area contributed by atoms with E-state index in [2.05, 4.69) is 0 Å². The quantitative estimate of drug-likeness (QED) is 0.623. The SMILES string of the molecule is CCCC12CC(=O)CC(O)C1(O)C(C)Cc1ccc(O)c(O)c12. The fourth-order valence-corrected chi connectivity index (χ4v) is 4.98. The van der Waals surface area contributed by atoms with Crippen molar-refractivity contribution in [1.82, 2.24) is 0 Å². The number of carbonyl (C=O) groups excluding carboxylic acids is 1. The van der Waals surface area contributed by atoms with Crippen molar-refractivity contribution in [1.29, 1.82) is 0 Å². The van der Waals surface area contributed by atoms with E-state index in [0.29, 0.717) is 24.8 Å². The minimum absolute atomic E-state index is 0.0682. The molecule has 0 bridgehead atoms. The summed E-state index contributed by atoms with van der Waals surface area (Å²) >= 11 is 0. The highest BCUT2D eigenvalue weighted by Gasteiger charge is 2.64. The standard InChI is InChI=1S/C18H24O5/c1-3-6-17-9-12(19)8-14(21)18(17,23)10(2)7-11-4-5-13(20)16(22)15(11)17/h4-5,10,14,20-23H,3,6-9H2,1-2H3. The first-order valence-corrected chi connectivity index (χ1v) is 8.24. The Hall–Kier alpha value is -1.59. The van der Waals surface area contributed by atoms with Gasteiger partial charge in [0.1, 0.15) is 11.4 Å². The largest absolute Gasteiger partial charge is 0.504 e. The van der Waals surface area contributed by atoms with Crippen LogP contribution in [0, 0.1) is 5.92 Å². The number of phenolic OH excluding ortho intramolecular Hbond substituents is 2. The van der Waals surface area contributed by atoms with Crippen molar-refractivity contribution in [3.05, 3.63) is 23.3 Å². The molecule has 0 amide bonds. The van der Waals surface area contributed by atoms with Gasteiger partial charge in [0, 0.05) is 23.8 Å². The zero-order valence-corrected chi connectivity index (χ0v) is 13.5. The number of hydrogen-bond donors (Lipinski definition) is 4. The third-order valence-electron chi connectivity index (χ3n) is 5.87. The number of aromatic hydroxyl groups is 2. The van der Waals surface area contributed by atoms with Crippen LogP contribution in [0.25, 0.3) is 0 Å². The average molecular weight is 320 g/mol. The average Bonchev–Trinajstić information content (AvgIpc) is 2.47. The van der Waals surface area contributed by atoms with E-state index in [-0.39, 0.29) is 36.0 Å². The van der Waals surface area contributed by atoms with E-state index in [4.69, 9.17) is 0 Å². The molecule has 2 aliphatic carbocycles. The van der Waals surface area contributed by atoms with E-state index in [1.807, 2.05) is 13.8 Å².